The summed E-state index contributed by atoms with van der Waals surface area (Å²) >= 11 is 0. The van der Waals surface area contributed by atoms with Crippen molar-refractivity contribution in [2.45, 2.75) is 5.41 Å². The Morgan fingerprint density at radius 1 is 0.321 bits per heavy atom. The number of benzene rings is 7. The first-order valence-electron chi connectivity index (χ1n) is 18.8. The lowest BCUT2D eigenvalue weighted by atomic mass is 9.65. The van der Waals surface area contributed by atoms with Crippen molar-refractivity contribution in [1.29, 1.82) is 0 Å². The van der Waals surface area contributed by atoms with Crippen LogP contribution in [0.15, 0.2) is 194 Å². The van der Waals surface area contributed by atoms with Crippen molar-refractivity contribution in [3.8, 4) is 79.0 Å². The molecule has 56 heavy (non-hydrogen) atoms. The van der Waals surface area contributed by atoms with Crippen molar-refractivity contribution in [2.24, 2.45) is 0 Å². The second kappa shape index (κ2) is 12.8. The number of pyridine rings is 1. The fourth-order valence-electron chi connectivity index (χ4n) is 8.69. The third-order valence-corrected chi connectivity index (χ3v) is 11.1. The van der Waals surface area contributed by atoms with Crippen LogP contribution in [0.5, 0.6) is 11.5 Å². The largest absolute Gasteiger partial charge is 0.455 e. The number of hydrogen-bond donors (Lipinski definition) is 0. The highest BCUT2D eigenvalue weighted by Crippen LogP contribution is 2.64. The Morgan fingerprint density at radius 3 is 1.46 bits per heavy atom. The van der Waals surface area contributed by atoms with E-state index in [4.69, 9.17) is 19.7 Å². The van der Waals surface area contributed by atoms with E-state index >= 15 is 0 Å². The van der Waals surface area contributed by atoms with Gasteiger partial charge in [0.2, 0.25) is 0 Å². The average Bonchev–Trinajstić information content (AvgIpc) is 3.57. The number of rotatable bonds is 5. The Kier molecular flexibility index (Phi) is 7.32. The SMILES string of the molecule is c1ccc(-c2cccc(-c3nc(-c4ccccc4)nc(-c4cccc5c4Oc4c(-c6ccncc6)cccc4C54c5ccccc5-c5ccccc54)n3)c2)cc1. The van der Waals surface area contributed by atoms with Crippen molar-refractivity contribution in [3.05, 3.63) is 217 Å². The van der Waals surface area contributed by atoms with Crippen molar-refractivity contribution in [2.75, 3.05) is 0 Å². The number of ether oxygens (including phenoxy) is 1. The fourth-order valence-corrected chi connectivity index (χ4v) is 8.69. The lowest BCUT2D eigenvalue weighted by Gasteiger charge is -2.40. The summed E-state index contributed by atoms with van der Waals surface area (Å²) in [6.07, 6.45) is 3.66. The molecule has 3 heterocycles. The maximum absolute atomic E-state index is 7.31. The highest BCUT2D eigenvalue weighted by molar-refractivity contribution is 5.92. The number of para-hydroxylation sites is 2. The zero-order chi connectivity index (χ0) is 37.1. The summed E-state index contributed by atoms with van der Waals surface area (Å²) in [4.78, 5) is 19.9. The number of hydrogen-bond acceptors (Lipinski definition) is 5. The van der Waals surface area contributed by atoms with Gasteiger partial charge in [-0.15, -0.1) is 0 Å². The third kappa shape index (κ3) is 4.88. The van der Waals surface area contributed by atoms with Crippen LogP contribution in [-0.2, 0) is 5.41 Å². The summed E-state index contributed by atoms with van der Waals surface area (Å²) in [6.45, 7) is 0. The Hall–Kier alpha value is -7.50. The maximum Gasteiger partial charge on any atom is 0.167 e. The summed E-state index contributed by atoms with van der Waals surface area (Å²) in [5.74, 6) is 3.24. The van der Waals surface area contributed by atoms with Crippen LogP contribution in [0.3, 0.4) is 0 Å². The van der Waals surface area contributed by atoms with E-state index in [1.54, 1.807) is 0 Å². The van der Waals surface area contributed by atoms with Crippen LogP contribution < -0.4 is 4.74 Å². The molecule has 0 saturated heterocycles. The molecule has 2 aliphatic rings. The molecule has 0 saturated carbocycles. The first-order chi connectivity index (χ1) is 27.8. The molecule has 0 fully saturated rings. The molecule has 5 nitrogen and oxygen atoms in total. The molecule has 5 heteroatoms. The van der Waals surface area contributed by atoms with Crippen molar-refractivity contribution >= 4 is 0 Å². The number of nitrogens with zero attached hydrogens (tertiary/aromatic N) is 4. The van der Waals surface area contributed by atoms with Gasteiger partial charge in [-0.3, -0.25) is 4.98 Å². The zero-order valence-corrected chi connectivity index (χ0v) is 30.2. The van der Waals surface area contributed by atoms with Crippen LogP contribution in [-0.4, -0.2) is 19.9 Å². The maximum atomic E-state index is 7.31. The van der Waals surface area contributed by atoms with Gasteiger partial charge in [0.1, 0.15) is 11.5 Å². The zero-order valence-electron chi connectivity index (χ0n) is 30.2. The van der Waals surface area contributed by atoms with E-state index in [1.165, 1.54) is 22.3 Å². The van der Waals surface area contributed by atoms with E-state index < -0.39 is 5.41 Å². The Bertz CT molecular complexity index is 2900. The van der Waals surface area contributed by atoms with Gasteiger partial charge in [-0.05, 0) is 63.2 Å². The van der Waals surface area contributed by atoms with Crippen LogP contribution in [0.1, 0.15) is 22.3 Å². The summed E-state index contributed by atoms with van der Waals surface area (Å²) in [5, 5.41) is 0. The monoisotopic (exact) mass is 716 g/mol. The fraction of sp³-hybridized carbons (Fsp3) is 0.0196. The Balaban J connectivity index is 1.20. The lowest BCUT2D eigenvalue weighted by molar-refractivity contribution is 0.439. The van der Waals surface area contributed by atoms with Gasteiger partial charge >= 0.3 is 0 Å². The van der Waals surface area contributed by atoms with E-state index in [2.05, 4.69) is 138 Å². The standard InChI is InChI=1S/C51H32N4O/c1-3-14-33(15-4-1)36-18-11-19-37(32-36)49-53-48(35-16-5-2-6-17-35)54-50(55-49)41-23-13-27-45-47(41)56-46-38(34-28-30-52-31-29-34)22-12-26-44(46)51(45)42-24-9-7-20-39(42)40-21-8-10-25-43(40)51/h1-32H. The molecule has 1 aliphatic heterocycles. The summed E-state index contributed by atoms with van der Waals surface area (Å²) in [6, 6.07) is 63.4. The molecule has 7 aromatic carbocycles. The summed E-state index contributed by atoms with van der Waals surface area (Å²) in [7, 11) is 0. The second-order valence-electron chi connectivity index (χ2n) is 14.2. The normalized spacial score (nSPS) is 12.9. The lowest BCUT2D eigenvalue weighted by Crippen LogP contribution is -2.32. The van der Waals surface area contributed by atoms with Crippen LogP contribution in [0.4, 0.5) is 0 Å². The van der Waals surface area contributed by atoms with Crippen molar-refractivity contribution < 1.29 is 4.74 Å². The minimum absolute atomic E-state index is 0.537. The predicted octanol–water partition coefficient (Wildman–Crippen LogP) is 12.1. The van der Waals surface area contributed by atoms with Gasteiger partial charge in [-0.2, -0.15) is 0 Å². The number of aromatic nitrogens is 4. The molecule has 1 aliphatic carbocycles. The Morgan fingerprint density at radius 2 is 0.786 bits per heavy atom. The van der Waals surface area contributed by atoms with E-state index in [0.717, 1.165) is 61.6 Å². The Labute approximate surface area is 324 Å². The molecule has 11 rings (SSSR count). The first-order valence-corrected chi connectivity index (χ1v) is 18.8. The van der Waals surface area contributed by atoms with Crippen LogP contribution in [0, 0.1) is 0 Å². The first kappa shape index (κ1) is 32.0. The molecular weight excluding hydrogens is 685 g/mol. The number of fused-ring (bicyclic) bond motifs is 9. The smallest absolute Gasteiger partial charge is 0.167 e. The van der Waals surface area contributed by atoms with Crippen LogP contribution >= 0.6 is 0 Å². The van der Waals surface area contributed by atoms with E-state index in [1.807, 2.05) is 60.9 Å². The van der Waals surface area contributed by atoms with Crippen LogP contribution in [0.2, 0.25) is 0 Å². The molecule has 2 aromatic heterocycles. The highest BCUT2D eigenvalue weighted by atomic mass is 16.5. The molecular formula is C51H32N4O. The minimum atomic E-state index is -0.669. The quantitative estimate of drug-likeness (QED) is 0.177. The summed E-state index contributed by atoms with van der Waals surface area (Å²) in [5.41, 5.74) is 13.2. The molecule has 0 bridgehead atoms. The molecule has 262 valence electrons. The van der Waals surface area contributed by atoms with Gasteiger partial charge in [0.05, 0.1) is 11.0 Å². The highest BCUT2D eigenvalue weighted by Gasteiger charge is 2.52. The van der Waals surface area contributed by atoms with Gasteiger partial charge in [0.15, 0.2) is 17.5 Å². The van der Waals surface area contributed by atoms with E-state index in [9.17, 15) is 0 Å². The van der Waals surface area contributed by atoms with Gasteiger partial charge in [0, 0.05) is 40.2 Å². The predicted molar refractivity (Wildman–Crippen MR) is 222 cm³/mol. The van der Waals surface area contributed by atoms with Gasteiger partial charge in [0.25, 0.3) is 0 Å². The second-order valence-corrected chi connectivity index (χ2v) is 14.2. The summed E-state index contributed by atoms with van der Waals surface area (Å²) < 4.78 is 7.31. The van der Waals surface area contributed by atoms with Gasteiger partial charge in [-0.1, -0.05) is 158 Å². The topological polar surface area (TPSA) is 60.8 Å². The minimum Gasteiger partial charge on any atom is -0.455 e. The van der Waals surface area contributed by atoms with Crippen molar-refractivity contribution in [3.63, 3.8) is 0 Å². The van der Waals surface area contributed by atoms with E-state index in [0.29, 0.717) is 17.5 Å². The molecule has 1 spiro atoms. The average molecular weight is 717 g/mol. The van der Waals surface area contributed by atoms with Gasteiger partial charge < -0.3 is 4.74 Å². The molecule has 0 radical (unpaired) electrons. The molecule has 0 atom stereocenters. The molecule has 0 N–H and O–H groups in total. The van der Waals surface area contributed by atoms with E-state index in [-0.39, 0.29) is 0 Å². The van der Waals surface area contributed by atoms with Crippen LogP contribution in [0.25, 0.3) is 67.5 Å². The molecule has 0 unspecified atom stereocenters. The van der Waals surface area contributed by atoms with Crippen molar-refractivity contribution in [1.82, 2.24) is 19.9 Å². The molecule has 0 amide bonds. The van der Waals surface area contributed by atoms with Gasteiger partial charge in [-0.25, -0.2) is 15.0 Å². The molecule has 9 aromatic rings. The third-order valence-electron chi connectivity index (χ3n) is 11.1.